The minimum atomic E-state index is -4.42. The molecule has 5 nitrogen and oxygen atoms in total. The molecule has 1 aliphatic rings. The molecular weight excluding hydrogens is 347 g/mol. The second kappa shape index (κ2) is 7.01. The Balaban J connectivity index is 1.69. The number of nitrogens with zero attached hydrogens (tertiary/aromatic N) is 2. The van der Waals surface area contributed by atoms with Gasteiger partial charge in [0, 0.05) is 5.92 Å². The number of halogens is 3. The third-order valence-electron chi connectivity index (χ3n) is 4.62. The number of carbonyl (C=O) groups excluding carboxylic acids is 1. The molecule has 1 heterocycles. The molecule has 2 aromatic rings. The molecule has 1 aliphatic carbocycles. The molecule has 140 valence electrons. The van der Waals surface area contributed by atoms with E-state index in [-0.39, 0.29) is 24.3 Å². The Morgan fingerprint density at radius 2 is 2.08 bits per heavy atom. The van der Waals surface area contributed by atoms with Gasteiger partial charge >= 0.3 is 6.18 Å². The largest absolute Gasteiger partial charge is 0.471 e. The Labute approximate surface area is 149 Å². The van der Waals surface area contributed by atoms with Crippen molar-refractivity contribution < 1.29 is 22.7 Å². The van der Waals surface area contributed by atoms with E-state index in [0.717, 1.165) is 31.4 Å². The second-order valence-corrected chi connectivity index (χ2v) is 6.46. The van der Waals surface area contributed by atoms with Gasteiger partial charge in [0.2, 0.25) is 5.91 Å². The van der Waals surface area contributed by atoms with Crippen molar-refractivity contribution in [2.75, 3.05) is 5.32 Å². The van der Waals surface area contributed by atoms with E-state index in [1.54, 1.807) is 13.8 Å². The summed E-state index contributed by atoms with van der Waals surface area (Å²) in [5, 5.41) is 7.21. The summed E-state index contributed by atoms with van der Waals surface area (Å²) < 4.78 is 45.2. The number of amides is 1. The van der Waals surface area contributed by atoms with Gasteiger partial charge in [-0.25, -0.2) is 4.68 Å². The van der Waals surface area contributed by atoms with Crippen molar-refractivity contribution >= 4 is 11.6 Å². The first kappa shape index (κ1) is 18.3. The van der Waals surface area contributed by atoms with Crippen molar-refractivity contribution in [1.29, 1.82) is 0 Å². The van der Waals surface area contributed by atoms with Crippen molar-refractivity contribution in [2.24, 2.45) is 5.92 Å². The molecule has 1 aromatic heterocycles. The highest BCUT2D eigenvalue weighted by atomic mass is 19.4. The Hall–Kier alpha value is -2.51. The zero-order valence-electron chi connectivity index (χ0n) is 14.6. The van der Waals surface area contributed by atoms with E-state index >= 15 is 0 Å². The Morgan fingerprint density at radius 1 is 1.35 bits per heavy atom. The highest BCUT2D eigenvalue weighted by molar-refractivity contribution is 5.94. The van der Waals surface area contributed by atoms with E-state index in [9.17, 15) is 18.0 Å². The number of anilines is 1. The monoisotopic (exact) mass is 367 g/mol. The van der Waals surface area contributed by atoms with Crippen LogP contribution in [0.4, 0.5) is 18.9 Å². The summed E-state index contributed by atoms with van der Waals surface area (Å²) in [7, 11) is 0. The van der Waals surface area contributed by atoms with Gasteiger partial charge in [0.15, 0.2) is 6.73 Å². The molecule has 1 amide bonds. The maximum Gasteiger partial charge on any atom is 0.416 e. The van der Waals surface area contributed by atoms with E-state index in [4.69, 9.17) is 4.74 Å². The minimum absolute atomic E-state index is 0.0132. The summed E-state index contributed by atoms with van der Waals surface area (Å²) in [6, 6.07) is 4.69. The van der Waals surface area contributed by atoms with Crippen LogP contribution in [0.5, 0.6) is 5.75 Å². The molecule has 0 saturated heterocycles. The Morgan fingerprint density at radius 3 is 2.69 bits per heavy atom. The number of aryl methyl sites for hydroxylation is 1. The molecule has 1 aromatic carbocycles. The summed E-state index contributed by atoms with van der Waals surface area (Å²) in [6.45, 7) is 3.50. The number of carbonyl (C=O) groups is 1. The smallest absolute Gasteiger partial charge is 0.416 e. The molecule has 26 heavy (non-hydrogen) atoms. The van der Waals surface area contributed by atoms with Gasteiger partial charge in [-0.3, -0.25) is 4.79 Å². The summed E-state index contributed by atoms with van der Waals surface area (Å²) in [5.41, 5.74) is 1.20. The van der Waals surface area contributed by atoms with Crippen LogP contribution in [0.3, 0.4) is 0 Å². The SMILES string of the molecule is Cc1nn(COc2cccc(C(F)(F)F)c2)c(C)c1NC(=O)C1CCC1. The molecule has 0 atom stereocenters. The molecule has 8 heteroatoms. The van der Waals surface area contributed by atoms with Crippen molar-refractivity contribution in [3.8, 4) is 5.75 Å². The van der Waals surface area contributed by atoms with Gasteiger partial charge in [-0.15, -0.1) is 0 Å². The van der Waals surface area contributed by atoms with E-state index in [2.05, 4.69) is 10.4 Å². The van der Waals surface area contributed by atoms with Crippen LogP contribution in [0.15, 0.2) is 24.3 Å². The fraction of sp³-hybridized carbons (Fsp3) is 0.444. The van der Waals surface area contributed by atoms with Crippen LogP contribution in [0.1, 0.15) is 36.2 Å². The van der Waals surface area contributed by atoms with E-state index < -0.39 is 11.7 Å². The van der Waals surface area contributed by atoms with Crippen LogP contribution in [0, 0.1) is 19.8 Å². The maximum absolute atomic E-state index is 12.8. The quantitative estimate of drug-likeness (QED) is 0.858. The molecule has 1 fully saturated rings. The lowest BCUT2D eigenvalue weighted by molar-refractivity contribution is -0.137. The van der Waals surface area contributed by atoms with Gasteiger partial charge < -0.3 is 10.1 Å². The predicted octanol–water partition coefficient (Wildman–Crippen LogP) is 4.29. The summed E-state index contributed by atoms with van der Waals surface area (Å²) in [4.78, 5) is 12.1. The molecule has 1 saturated carbocycles. The van der Waals surface area contributed by atoms with Gasteiger partial charge in [0.1, 0.15) is 5.75 Å². The molecule has 0 radical (unpaired) electrons. The van der Waals surface area contributed by atoms with Crippen LogP contribution < -0.4 is 10.1 Å². The van der Waals surface area contributed by atoms with Crippen LogP contribution in [0.2, 0.25) is 0 Å². The summed E-state index contributed by atoms with van der Waals surface area (Å²) in [6.07, 6.45) is -1.55. The van der Waals surface area contributed by atoms with Crippen molar-refractivity contribution in [1.82, 2.24) is 9.78 Å². The molecule has 0 unspecified atom stereocenters. The van der Waals surface area contributed by atoms with Crippen LogP contribution in [0.25, 0.3) is 0 Å². The Bertz CT molecular complexity index is 810. The van der Waals surface area contributed by atoms with Gasteiger partial charge in [-0.1, -0.05) is 12.5 Å². The molecule has 0 bridgehead atoms. The standard InChI is InChI=1S/C18H20F3N3O2/c1-11-16(22-17(25)13-5-3-6-13)12(2)24(23-11)10-26-15-8-4-7-14(9-15)18(19,20)21/h4,7-9,13H,3,5-6,10H2,1-2H3,(H,22,25). The lowest BCUT2D eigenvalue weighted by atomic mass is 9.85. The third-order valence-corrected chi connectivity index (χ3v) is 4.62. The fourth-order valence-electron chi connectivity index (χ4n) is 2.80. The van der Waals surface area contributed by atoms with Gasteiger partial charge in [0.25, 0.3) is 0 Å². The topological polar surface area (TPSA) is 56.1 Å². The highest BCUT2D eigenvalue weighted by Gasteiger charge is 2.30. The molecule has 1 N–H and O–H groups in total. The predicted molar refractivity (Wildman–Crippen MR) is 89.7 cm³/mol. The van der Waals surface area contributed by atoms with Gasteiger partial charge in [-0.05, 0) is 44.9 Å². The van der Waals surface area contributed by atoms with Crippen molar-refractivity contribution in [3.63, 3.8) is 0 Å². The lowest BCUT2D eigenvalue weighted by Gasteiger charge is -2.24. The molecular formula is C18H20F3N3O2. The second-order valence-electron chi connectivity index (χ2n) is 6.46. The van der Waals surface area contributed by atoms with Crippen LogP contribution >= 0.6 is 0 Å². The number of aromatic nitrogens is 2. The summed E-state index contributed by atoms with van der Waals surface area (Å²) >= 11 is 0. The number of rotatable bonds is 5. The minimum Gasteiger partial charge on any atom is -0.471 e. The number of alkyl halides is 3. The third kappa shape index (κ3) is 3.84. The first-order valence-electron chi connectivity index (χ1n) is 8.40. The summed E-state index contributed by atoms with van der Waals surface area (Å²) in [5.74, 6) is 0.145. The molecule has 3 rings (SSSR count). The van der Waals surface area contributed by atoms with E-state index in [1.165, 1.54) is 16.8 Å². The average Bonchev–Trinajstić information content (AvgIpc) is 2.78. The maximum atomic E-state index is 12.8. The normalized spacial score (nSPS) is 14.8. The number of ether oxygens (including phenoxy) is 1. The number of nitrogens with one attached hydrogen (secondary N) is 1. The first-order valence-corrected chi connectivity index (χ1v) is 8.40. The zero-order chi connectivity index (χ0) is 18.9. The zero-order valence-corrected chi connectivity index (χ0v) is 14.6. The number of hydrogen-bond donors (Lipinski definition) is 1. The van der Waals surface area contributed by atoms with Crippen molar-refractivity contribution in [3.05, 3.63) is 41.2 Å². The lowest BCUT2D eigenvalue weighted by Crippen LogP contribution is -2.28. The number of hydrogen-bond acceptors (Lipinski definition) is 3. The van der Waals surface area contributed by atoms with Crippen LogP contribution in [-0.2, 0) is 17.7 Å². The van der Waals surface area contributed by atoms with Crippen molar-refractivity contribution in [2.45, 2.75) is 46.0 Å². The average molecular weight is 367 g/mol. The fourth-order valence-corrected chi connectivity index (χ4v) is 2.80. The molecule has 0 aliphatic heterocycles. The molecule has 0 spiro atoms. The van der Waals surface area contributed by atoms with E-state index in [0.29, 0.717) is 17.1 Å². The Kier molecular flexibility index (Phi) is 4.93. The van der Waals surface area contributed by atoms with E-state index in [1.807, 2.05) is 0 Å². The number of benzene rings is 1. The van der Waals surface area contributed by atoms with Gasteiger partial charge in [0.05, 0.1) is 22.6 Å². The highest BCUT2D eigenvalue weighted by Crippen LogP contribution is 2.32. The first-order chi connectivity index (χ1) is 12.3. The van der Waals surface area contributed by atoms with Gasteiger partial charge in [-0.2, -0.15) is 18.3 Å². The van der Waals surface area contributed by atoms with Crippen LogP contribution in [-0.4, -0.2) is 15.7 Å².